The zero-order chi connectivity index (χ0) is 13.7. The van der Waals surface area contributed by atoms with Gasteiger partial charge >= 0.3 is 5.97 Å². The molecule has 0 unspecified atom stereocenters. The Kier molecular flexibility index (Phi) is 4.85. The maximum atomic E-state index is 13.0. The fraction of sp³-hybridized carbons (Fsp3) is 0.167. The molecule has 1 aromatic carbocycles. The highest BCUT2D eigenvalue weighted by Gasteiger charge is 2.10. The molecular weight excluding hydrogens is 259 g/mol. The maximum absolute atomic E-state index is 13.0. The number of methoxy groups -OCH3 is 1. The van der Waals surface area contributed by atoms with E-state index in [2.05, 4.69) is 10.1 Å². The second-order valence-electron chi connectivity index (χ2n) is 3.34. The van der Waals surface area contributed by atoms with Crippen molar-refractivity contribution in [3.8, 4) is 0 Å². The third-order valence-corrected chi connectivity index (χ3v) is 2.48. The third kappa shape index (κ3) is 3.30. The van der Waals surface area contributed by atoms with E-state index >= 15 is 0 Å². The largest absolute Gasteiger partial charge is 0.464 e. The molecule has 1 aromatic rings. The van der Waals surface area contributed by atoms with Crippen molar-refractivity contribution < 1.29 is 13.9 Å². The summed E-state index contributed by atoms with van der Waals surface area (Å²) >= 11 is 5.67. The van der Waals surface area contributed by atoms with Gasteiger partial charge in [-0.3, -0.25) is 5.41 Å². The molecule has 2 N–H and O–H groups in total. The van der Waals surface area contributed by atoms with Crippen molar-refractivity contribution in [2.24, 2.45) is 0 Å². The molecule has 0 heterocycles. The molecule has 0 aliphatic heterocycles. The average molecular weight is 271 g/mol. The molecular formula is C12H12ClFN2O2. The monoisotopic (exact) mass is 270 g/mol. The molecule has 0 atom stereocenters. The number of carbonyl (C=O) groups excluding carboxylic acids is 1. The van der Waals surface area contributed by atoms with E-state index in [0.717, 1.165) is 0 Å². The summed E-state index contributed by atoms with van der Waals surface area (Å²) in [4.78, 5) is 11.1. The van der Waals surface area contributed by atoms with Crippen molar-refractivity contribution in [3.05, 3.63) is 40.7 Å². The molecule has 18 heavy (non-hydrogen) atoms. The normalized spacial score (nSPS) is 11.0. The van der Waals surface area contributed by atoms with Gasteiger partial charge in [-0.15, -0.1) is 0 Å². The van der Waals surface area contributed by atoms with Gasteiger partial charge in [-0.1, -0.05) is 11.6 Å². The van der Waals surface area contributed by atoms with E-state index in [1.54, 1.807) is 7.05 Å². The third-order valence-electron chi connectivity index (χ3n) is 2.19. The van der Waals surface area contributed by atoms with Crippen LogP contribution in [0, 0.1) is 11.2 Å². The smallest absolute Gasteiger partial charge is 0.356 e. The van der Waals surface area contributed by atoms with Gasteiger partial charge in [0.25, 0.3) is 0 Å². The van der Waals surface area contributed by atoms with E-state index in [-0.39, 0.29) is 10.7 Å². The van der Waals surface area contributed by atoms with Crippen LogP contribution < -0.4 is 5.32 Å². The highest BCUT2D eigenvalue weighted by Crippen LogP contribution is 2.20. The van der Waals surface area contributed by atoms with Crippen LogP contribution in [0.5, 0.6) is 0 Å². The van der Waals surface area contributed by atoms with Gasteiger partial charge in [0.1, 0.15) is 11.5 Å². The number of ether oxygens (including phenoxy) is 1. The lowest BCUT2D eigenvalue weighted by molar-refractivity contribution is -0.132. The standard InChI is InChI=1S/C12H12ClFN2O2/c1-16-11(6-10(15)12(17)18-2)7-3-4-9(14)8(13)5-7/h3-6,15-16H,1-2H3/b11-6-,15-10?. The topological polar surface area (TPSA) is 62.2 Å². The molecule has 1 rings (SSSR count). The van der Waals surface area contributed by atoms with Gasteiger partial charge in [-0.25, -0.2) is 9.18 Å². The van der Waals surface area contributed by atoms with Crippen molar-refractivity contribution in [3.63, 3.8) is 0 Å². The van der Waals surface area contributed by atoms with Crippen LogP contribution in [0.3, 0.4) is 0 Å². The van der Waals surface area contributed by atoms with Crippen LogP contribution in [0.25, 0.3) is 5.70 Å². The molecule has 0 bridgehead atoms. The first-order valence-electron chi connectivity index (χ1n) is 5.01. The van der Waals surface area contributed by atoms with Crippen LogP contribution in [0.2, 0.25) is 5.02 Å². The van der Waals surface area contributed by atoms with Crippen LogP contribution in [0.1, 0.15) is 5.56 Å². The first-order chi connectivity index (χ1) is 8.49. The van der Waals surface area contributed by atoms with Crippen molar-refractivity contribution >= 4 is 29.0 Å². The van der Waals surface area contributed by atoms with E-state index in [1.165, 1.54) is 31.4 Å². The molecule has 96 valence electrons. The minimum absolute atomic E-state index is 0.0294. The van der Waals surface area contributed by atoms with Crippen molar-refractivity contribution in [2.75, 3.05) is 14.2 Å². The summed E-state index contributed by atoms with van der Waals surface area (Å²) < 4.78 is 17.4. The molecule has 0 spiro atoms. The molecule has 0 fully saturated rings. The Morgan fingerprint density at radius 1 is 1.56 bits per heavy atom. The summed E-state index contributed by atoms with van der Waals surface area (Å²) in [5.74, 6) is -1.28. The molecule has 4 nitrogen and oxygen atoms in total. The Morgan fingerprint density at radius 2 is 2.22 bits per heavy atom. The number of carbonyl (C=O) groups is 1. The Balaban J connectivity index is 3.09. The lowest BCUT2D eigenvalue weighted by Crippen LogP contribution is -2.15. The van der Waals surface area contributed by atoms with Gasteiger partial charge in [0.15, 0.2) is 0 Å². The predicted octanol–water partition coefficient (Wildman–Crippen LogP) is 2.23. The molecule has 0 aliphatic carbocycles. The van der Waals surface area contributed by atoms with Crippen LogP contribution in [-0.4, -0.2) is 25.8 Å². The second-order valence-corrected chi connectivity index (χ2v) is 3.75. The first kappa shape index (κ1) is 14.2. The van der Waals surface area contributed by atoms with Gasteiger partial charge in [0, 0.05) is 12.7 Å². The number of rotatable bonds is 4. The Hall–Kier alpha value is -1.88. The highest BCUT2D eigenvalue weighted by molar-refractivity contribution is 6.41. The lowest BCUT2D eigenvalue weighted by Gasteiger charge is -2.08. The molecule has 0 aliphatic rings. The zero-order valence-corrected chi connectivity index (χ0v) is 10.6. The summed E-state index contributed by atoms with van der Waals surface area (Å²) in [7, 11) is 2.81. The van der Waals surface area contributed by atoms with Crippen LogP contribution in [-0.2, 0) is 9.53 Å². The minimum atomic E-state index is -0.754. The summed E-state index contributed by atoms with van der Waals surface area (Å²) in [6.45, 7) is 0. The average Bonchev–Trinajstić information content (AvgIpc) is 2.38. The Labute approximate surface area is 109 Å². The van der Waals surface area contributed by atoms with Gasteiger partial charge in [-0.05, 0) is 29.8 Å². The molecule has 0 saturated carbocycles. The SMILES string of the molecule is CN/C(=C\C(=N)C(=O)OC)c1ccc(F)c(Cl)c1. The maximum Gasteiger partial charge on any atom is 0.356 e. The molecule has 0 radical (unpaired) electrons. The van der Waals surface area contributed by atoms with E-state index in [0.29, 0.717) is 11.3 Å². The predicted molar refractivity (Wildman–Crippen MR) is 68.2 cm³/mol. The molecule has 0 aromatic heterocycles. The fourth-order valence-electron chi connectivity index (χ4n) is 1.28. The van der Waals surface area contributed by atoms with Gasteiger partial charge in [0.2, 0.25) is 0 Å². The summed E-state index contributed by atoms with van der Waals surface area (Å²) in [6, 6.07) is 4.11. The first-order valence-corrected chi connectivity index (χ1v) is 5.39. The number of hydrogen-bond acceptors (Lipinski definition) is 4. The lowest BCUT2D eigenvalue weighted by atomic mass is 10.1. The number of halogens is 2. The highest BCUT2D eigenvalue weighted by atomic mass is 35.5. The number of hydrogen-bond donors (Lipinski definition) is 2. The summed E-state index contributed by atoms with van der Waals surface area (Å²) in [5, 5.41) is 10.3. The zero-order valence-electron chi connectivity index (χ0n) is 9.88. The fourth-order valence-corrected chi connectivity index (χ4v) is 1.46. The van der Waals surface area contributed by atoms with E-state index in [1.807, 2.05) is 0 Å². The molecule has 0 saturated heterocycles. The van der Waals surface area contributed by atoms with Crippen molar-refractivity contribution in [1.82, 2.24) is 5.32 Å². The van der Waals surface area contributed by atoms with Crippen molar-refractivity contribution in [2.45, 2.75) is 0 Å². The second kappa shape index (κ2) is 6.16. The molecule has 0 amide bonds. The summed E-state index contributed by atoms with van der Waals surface area (Å²) in [5.41, 5.74) is 0.715. The van der Waals surface area contributed by atoms with Crippen molar-refractivity contribution in [1.29, 1.82) is 5.41 Å². The minimum Gasteiger partial charge on any atom is -0.464 e. The van der Waals surface area contributed by atoms with E-state index in [9.17, 15) is 9.18 Å². The molecule has 6 heteroatoms. The Morgan fingerprint density at radius 3 is 2.72 bits per heavy atom. The van der Waals surface area contributed by atoms with Gasteiger partial charge < -0.3 is 10.1 Å². The van der Waals surface area contributed by atoms with Crippen LogP contribution >= 0.6 is 11.6 Å². The van der Waals surface area contributed by atoms with Gasteiger partial charge in [-0.2, -0.15) is 0 Å². The number of esters is 1. The quantitative estimate of drug-likeness (QED) is 0.651. The Bertz CT molecular complexity index is 515. The van der Waals surface area contributed by atoms with E-state index < -0.39 is 11.8 Å². The number of benzene rings is 1. The van der Waals surface area contributed by atoms with E-state index in [4.69, 9.17) is 17.0 Å². The van der Waals surface area contributed by atoms with Crippen LogP contribution in [0.4, 0.5) is 4.39 Å². The number of nitrogens with one attached hydrogen (secondary N) is 2. The van der Waals surface area contributed by atoms with Gasteiger partial charge in [0.05, 0.1) is 12.1 Å². The van der Waals surface area contributed by atoms with Crippen LogP contribution in [0.15, 0.2) is 24.3 Å². The summed E-state index contributed by atoms with van der Waals surface area (Å²) in [6.07, 6.45) is 1.29.